The van der Waals surface area contributed by atoms with Gasteiger partial charge in [0, 0.05) is 50.4 Å². The van der Waals surface area contributed by atoms with E-state index in [9.17, 15) is 4.79 Å². The zero-order valence-electron chi connectivity index (χ0n) is 16.7. The minimum absolute atomic E-state index is 0.0456. The summed E-state index contributed by atoms with van der Waals surface area (Å²) in [4.78, 5) is 19.1. The molecule has 0 unspecified atom stereocenters. The second kappa shape index (κ2) is 9.75. The Labute approximate surface area is 164 Å². The number of fused-ring (bicyclic) bond motifs is 1. The van der Waals surface area contributed by atoms with E-state index in [4.69, 9.17) is 16.6 Å². The predicted octanol–water partition coefficient (Wildman–Crippen LogP) is 0.874. The Morgan fingerprint density at radius 2 is 1.96 bits per heavy atom. The van der Waals surface area contributed by atoms with Gasteiger partial charge in [-0.2, -0.15) is 5.10 Å². The van der Waals surface area contributed by atoms with Gasteiger partial charge in [0.15, 0.2) is 5.96 Å². The van der Waals surface area contributed by atoms with Crippen molar-refractivity contribution in [3.05, 3.63) is 36.2 Å². The zero-order chi connectivity index (χ0) is 20.7. The third kappa shape index (κ3) is 5.01. The maximum absolute atomic E-state index is 10.8. The summed E-state index contributed by atoms with van der Waals surface area (Å²) in [7, 11) is 1.89. The largest absolute Gasteiger partial charge is 0.480 e. The standard InChI is InChI=1S/C17H23N7O2.C2H6/c1-22-15-3-2-12(8-13(15)10-20-22)14(9-18)21-17(19)24-6-4-23(5-7-24)11-16(25)26;1-2/h2-3,8-10H,4-7,11,18H2,1H3,(H2,19,21)(H,25,26);1-2H3/b14-9-;. The van der Waals surface area contributed by atoms with Gasteiger partial charge in [0.1, 0.15) is 0 Å². The minimum Gasteiger partial charge on any atom is -0.480 e. The topological polar surface area (TPSA) is 126 Å². The number of aryl methyl sites for hydroxylation is 1. The van der Waals surface area contributed by atoms with Gasteiger partial charge in [-0.25, -0.2) is 4.99 Å². The number of guanidine groups is 1. The smallest absolute Gasteiger partial charge is 0.317 e. The van der Waals surface area contributed by atoms with Crippen LogP contribution in [0.4, 0.5) is 0 Å². The molecule has 0 amide bonds. The number of aliphatic carboxylic acids is 1. The molecule has 1 aliphatic rings. The van der Waals surface area contributed by atoms with Crippen LogP contribution in [0.25, 0.3) is 16.6 Å². The highest BCUT2D eigenvalue weighted by molar-refractivity contribution is 5.88. The number of hydrogen-bond acceptors (Lipinski definition) is 5. The van der Waals surface area contributed by atoms with Crippen LogP contribution in [0, 0.1) is 0 Å². The molecule has 0 atom stereocenters. The van der Waals surface area contributed by atoms with E-state index in [2.05, 4.69) is 10.1 Å². The van der Waals surface area contributed by atoms with E-state index in [0.717, 1.165) is 16.5 Å². The van der Waals surface area contributed by atoms with Crippen molar-refractivity contribution >= 4 is 28.5 Å². The number of nitrogens with zero attached hydrogens (tertiary/aromatic N) is 5. The molecule has 9 nitrogen and oxygen atoms in total. The molecular formula is C19H29N7O2. The lowest BCUT2D eigenvalue weighted by molar-refractivity contribution is -0.138. The summed E-state index contributed by atoms with van der Waals surface area (Å²) in [6.07, 6.45) is 3.23. The van der Waals surface area contributed by atoms with Crippen molar-refractivity contribution in [3.8, 4) is 0 Å². The summed E-state index contributed by atoms with van der Waals surface area (Å²) < 4.78 is 1.80. The quantitative estimate of drug-likeness (QED) is 0.525. The van der Waals surface area contributed by atoms with Crippen molar-refractivity contribution in [2.45, 2.75) is 13.8 Å². The van der Waals surface area contributed by atoms with Crippen LogP contribution in [0.15, 0.2) is 35.6 Å². The van der Waals surface area contributed by atoms with Crippen LogP contribution in [0.5, 0.6) is 0 Å². The first kappa shape index (κ1) is 21.2. The number of nitrogens with two attached hydrogens (primary N) is 2. The lowest BCUT2D eigenvalue weighted by Crippen LogP contribution is -2.52. The van der Waals surface area contributed by atoms with Gasteiger partial charge in [0.2, 0.25) is 0 Å². The SMILES string of the molecule is CC.Cn1ncc2cc(/C(=C/N)N=C(N)N3CCN(CC(=O)O)CC3)ccc21. The first-order valence-electron chi connectivity index (χ1n) is 9.35. The lowest BCUT2D eigenvalue weighted by atomic mass is 10.1. The Bertz CT molecular complexity index is 864. The van der Waals surface area contributed by atoms with E-state index in [1.807, 2.05) is 48.9 Å². The Hall–Kier alpha value is -3.07. The molecule has 0 radical (unpaired) electrons. The molecule has 0 saturated carbocycles. The molecule has 9 heteroatoms. The summed E-state index contributed by atoms with van der Waals surface area (Å²) in [5.74, 6) is -0.442. The highest BCUT2D eigenvalue weighted by Crippen LogP contribution is 2.21. The molecule has 0 spiro atoms. The Morgan fingerprint density at radius 1 is 1.29 bits per heavy atom. The molecule has 3 rings (SSSR count). The molecule has 5 N–H and O–H groups in total. The number of carboxylic acids is 1. The second-order valence-corrected chi connectivity index (χ2v) is 6.22. The van der Waals surface area contributed by atoms with Crippen molar-refractivity contribution in [3.63, 3.8) is 0 Å². The summed E-state index contributed by atoms with van der Waals surface area (Å²) >= 11 is 0. The number of hydrogen-bond donors (Lipinski definition) is 3. The van der Waals surface area contributed by atoms with E-state index in [0.29, 0.717) is 37.8 Å². The van der Waals surface area contributed by atoms with Gasteiger partial charge < -0.3 is 21.5 Å². The fourth-order valence-corrected chi connectivity index (χ4v) is 3.04. The van der Waals surface area contributed by atoms with Crippen LogP contribution in [0.3, 0.4) is 0 Å². The first-order valence-corrected chi connectivity index (χ1v) is 9.35. The predicted molar refractivity (Wildman–Crippen MR) is 111 cm³/mol. The van der Waals surface area contributed by atoms with Crippen molar-refractivity contribution in [1.29, 1.82) is 0 Å². The summed E-state index contributed by atoms with van der Waals surface area (Å²) in [5.41, 5.74) is 14.4. The Morgan fingerprint density at radius 3 is 2.57 bits per heavy atom. The molecule has 0 aliphatic carbocycles. The van der Waals surface area contributed by atoms with E-state index in [1.54, 1.807) is 10.9 Å². The summed E-state index contributed by atoms with van der Waals surface area (Å²) in [5, 5.41) is 14.1. The number of carboxylic acid groups (broad SMARTS) is 1. The normalized spacial score (nSPS) is 16.0. The van der Waals surface area contributed by atoms with Gasteiger partial charge in [-0.3, -0.25) is 14.4 Å². The molecule has 1 aromatic carbocycles. The lowest BCUT2D eigenvalue weighted by Gasteiger charge is -2.34. The minimum atomic E-state index is -0.820. The van der Waals surface area contributed by atoms with E-state index in [-0.39, 0.29) is 6.54 Å². The molecule has 2 aromatic rings. The number of aromatic nitrogens is 2. The molecular weight excluding hydrogens is 358 g/mol. The van der Waals surface area contributed by atoms with Crippen LogP contribution >= 0.6 is 0 Å². The van der Waals surface area contributed by atoms with Crippen LogP contribution in [0.1, 0.15) is 19.4 Å². The molecule has 1 saturated heterocycles. The third-order valence-corrected chi connectivity index (χ3v) is 4.49. The number of benzene rings is 1. The van der Waals surface area contributed by atoms with E-state index < -0.39 is 5.97 Å². The Balaban J connectivity index is 0.00000136. The number of piperazine rings is 1. The second-order valence-electron chi connectivity index (χ2n) is 6.22. The van der Waals surface area contributed by atoms with Crippen LogP contribution in [-0.4, -0.2) is 69.3 Å². The van der Waals surface area contributed by atoms with Crippen molar-refractivity contribution in [1.82, 2.24) is 19.6 Å². The van der Waals surface area contributed by atoms with E-state index in [1.165, 1.54) is 6.20 Å². The fraction of sp³-hybridized carbons (Fsp3) is 0.421. The molecule has 1 fully saturated rings. The van der Waals surface area contributed by atoms with Gasteiger partial charge in [-0.05, 0) is 12.1 Å². The van der Waals surface area contributed by atoms with Crippen LogP contribution < -0.4 is 11.5 Å². The zero-order valence-corrected chi connectivity index (χ0v) is 16.7. The maximum Gasteiger partial charge on any atom is 0.317 e. The molecule has 1 aromatic heterocycles. The summed E-state index contributed by atoms with van der Waals surface area (Å²) in [6, 6.07) is 5.88. The fourth-order valence-electron chi connectivity index (χ4n) is 3.04. The number of aliphatic imine (C=N–C) groups is 1. The number of carbonyl (C=O) groups is 1. The van der Waals surface area contributed by atoms with Gasteiger partial charge in [-0.15, -0.1) is 0 Å². The Kier molecular flexibility index (Phi) is 7.39. The molecule has 2 heterocycles. The third-order valence-electron chi connectivity index (χ3n) is 4.49. The van der Waals surface area contributed by atoms with Crippen molar-refractivity contribution in [2.75, 3.05) is 32.7 Å². The monoisotopic (exact) mass is 387 g/mol. The maximum atomic E-state index is 10.8. The molecule has 152 valence electrons. The average Bonchev–Trinajstić information content (AvgIpc) is 3.08. The van der Waals surface area contributed by atoms with Gasteiger partial charge in [-0.1, -0.05) is 19.9 Å². The van der Waals surface area contributed by atoms with Gasteiger partial charge in [0.05, 0.1) is 24.0 Å². The molecule has 28 heavy (non-hydrogen) atoms. The summed E-state index contributed by atoms with van der Waals surface area (Å²) in [6.45, 7) is 6.56. The molecule has 0 bridgehead atoms. The van der Waals surface area contributed by atoms with Gasteiger partial charge in [0.25, 0.3) is 0 Å². The highest BCUT2D eigenvalue weighted by atomic mass is 16.4. The van der Waals surface area contributed by atoms with Crippen LogP contribution in [0.2, 0.25) is 0 Å². The van der Waals surface area contributed by atoms with E-state index >= 15 is 0 Å². The molecule has 1 aliphatic heterocycles. The van der Waals surface area contributed by atoms with Crippen LogP contribution in [-0.2, 0) is 11.8 Å². The van der Waals surface area contributed by atoms with Crippen molar-refractivity contribution in [2.24, 2.45) is 23.5 Å². The number of rotatable bonds is 4. The van der Waals surface area contributed by atoms with Crippen molar-refractivity contribution < 1.29 is 9.90 Å². The van der Waals surface area contributed by atoms with Gasteiger partial charge >= 0.3 is 5.97 Å². The first-order chi connectivity index (χ1) is 13.5. The average molecular weight is 387 g/mol. The highest BCUT2D eigenvalue weighted by Gasteiger charge is 2.20.